The summed E-state index contributed by atoms with van der Waals surface area (Å²) >= 11 is 0. The molecular weight excluding hydrogens is 270 g/mol. The Kier molecular flexibility index (Phi) is 2.69. The van der Waals surface area contributed by atoms with Crippen molar-refractivity contribution in [2.75, 3.05) is 13.1 Å². The number of β-amino-alcohol motifs (C(OH)–C–C–N with tert-alkyl or cyclic N) is 1. The molecule has 1 aromatic carbocycles. The van der Waals surface area contributed by atoms with E-state index in [0.717, 1.165) is 23.1 Å². The standard InChI is InChI=1S/C14H13N5O2/c20-14(3-4-15-8-14)13-18-12(19-21-13)9-1-2-10-11(7-9)17-6-5-16-10/h1-2,5-7,15,20H,3-4,8H2. The second-order valence-electron chi connectivity index (χ2n) is 5.14. The van der Waals surface area contributed by atoms with Crippen molar-refractivity contribution in [2.45, 2.75) is 12.0 Å². The highest BCUT2D eigenvalue weighted by atomic mass is 16.5. The van der Waals surface area contributed by atoms with Crippen LogP contribution >= 0.6 is 0 Å². The summed E-state index contributed by atoms with van der Waals surface area (Å²) in [4.78, 5) is 12.8. The molecule has 0 amide bonds. The first kappa shape index (κ1) is 12.4. The molecule has 1 fully saturated rings. The quantitative estimate of drug-likeness (QED) is 0.720. The van der Waals surface area contributed by atoms with E-state index in [1.807, 2.05) is 18.2 Å². The molecule has 0 spiro atoms. The Bertz CT molecular complexity index is 795. The fourth-order valence-corrected chi connectivity index (χ4v) is 2.49. The van der Waals surface area contributed by atoms with Gasteiger partial charge in [0, 0.05) is 24.5 Å². The van der Waals surface area contributed by atoms with Crippen molar-refractivity contribution in [2.24, 2.45) is 0 Å². The van der Waals surface area contributed by atoms with Crippen molar-refractivity contribution >= 4 is 11.0 Å². The third-order valence-corrected chi connectivity index (χ3v) is 3.68. The van der Waals surface area contributed by atoms with Crippen molar-refractivity contribution in [1.82, 2.24) is 25.4 Å². The van der Waals surface area contributed by atoms with Crippen LogP contribution in [0.1, 0.15) is 12.3 Å². The van der Waals surface area contributed by atoms with E-state index in [4.69, 9.17) is 4.52 Å². The summed E-state index contributed by atoms with van der Waals surface area (Å²) in [5.41, 5.74) is 1.29. The van der Waals surface area contributed by atoms with Gasteiger partial charge in [-0.1, -0.05) is 5.16 Å². The Morgan fingerprint density at radius 1 is 1.19 bits per heavy atom. The average Bonchev–Trinajstić information content (AvgIpc) is 3.17. The Balaban J connectivity index is 1.73. The molecule has 7 nitrogen and oxygen atoms in total. The lowest BCUT2D eigenvalue weighted by atomic mass is 10.0. The minimum absolute atomic E-state index is 0.252. The third kappa shape index (κ3) is 2.07. The van der Waals surface area contributed by atoms with Gasteiger partial charge in [-0.15, -0.1) is 0 Å². The summed E-state index contributed by atoms with van der Waals surface area (Å²) in [5, 5.41) is 17.5. The van der Waals surface area contributed by atoms with Crippen LogP contribution in [0, 0.1) is 0 Å². The molecule has 3 aromatic rings. The summed E-state index contributed by atoms with van der Waals surface area (Å²) in [7, 11) is 0. The topological polar surface area (TPSA) is 97.0 Å². The second kappa shape index (κ2) is 4.57. The van der Waals surface area contributed by atoms with Crippen molar-refractivity contribution in [3.05, 3.63) is 36.5 Å². The lowest BCUT2D eigenvalue weighted by Crippen LogP contribution is -2.28. The fourth-order valence-electron chi connectivity index (χ4n) is 2.49. The van der Waals surface area contributed by atoms with Gasteiger partial charge in [0.15, 0.2) is 5.60 Å². The summed E-state index contributed by atoms with van der Waals surface area (Å²) < 4.78 is 5.23. The van der Waals surface area contributed by atoms with Crippen LogP contribution in [0.2, 0.25) is 0 Å². The molecule has 2 aromatic heterocycles. The van der Waals surface area contributed by atoms with Gasteiger partial charge in [0.1, 0.15) is 0 Å². The monoisotopic (exact) mass is 283 g/mol. The summed E-state index contributed by atoms with van der Waals surface area (Å²) in [6.45, 7) is 1.16. The van der Waals surface area contributed by atoms with Gasteiger partial charge in [-0.3, -0.25) is 9.97 Å². The number of nitrogens with zero attached hydrogens (tertiary/aromatic N) is 4. The number of aromatic nitrogens is 4. The molecule has 3 heterocycles. The van der Waals surface area contributed by atoms with Crippen molar-refractivity contribution in [3.8, 4) is 11.4 Å². The zero-order valence-electron chi connectivity index (χ0n) is 11.2. The highest BCUT2D eigenvalue weighted by Crippen LogP contribution is 2.28. The molecule has 106 valence electrons. The number of rotatable bonds is 2. The van der Waals surface area contributed by atoms with Crippen LogP contribution < -0.4 is 5.32 Å². The van der Waals surface area contributed by atoms with Crippen LogP contribution in [0.25, 0.3) is 22.4 Å². The molecule has 0 radical (unpaired) electrons. The Morgan fingerprint density at radius 2 is 2.05 bits per heavy atom. The Morgan fingerprint density at radius 3 is 2.86 bits per heavy atom. The lowest BCUT2D eigenvalue weighted by molar-refractivity contribution is 0.0243. The molecule has 2 N–H and O–H groups in total. The minimum atomic E-state index is -1.07. The predicted octanol–water partition coefficient (Wildman–Crippen LogP) is 0.861. The summed E-state index contributed by atoms with van der Waals surface area (Å²) in [5.74, 6) is 0.694. The van der Waals surface area contributed by atoms with Crippen molar-refractivity contribution in [1.29, 1.82) is 0 Å². The van der Waals surface area contributed by atoms with Gasteiger partial charge >= 0.3 is 0 Å². The Labute approximate surface area is 120 Å². The maximum atomic E-state index is 10.4. The van der Waals surface area contributed by atoms with Crippen LogP contribution in [0.5, 0.6) is 0 Å². The number of fused-ring (bicyclic) bond motifs is 1. The van der Waals surface area contributed by atoms with Gasteiger partial charge in [-0.2, -0.15) is 4.98 Å². The highest BCUT2D eigenvalue weighted by molar-refractivity contribution is 5.79. The molecule has 0 aliphatic carbocycles. The van der Waals surface area contributed by atoms with Gasteiger partial charge in [-0.05, 0) is 31.2 Å². The van der Waals surface area contributed by atoms with E-state index in [0.29, 0.717) is 18.8 Å². The summed E-state index contributed by atoms with van der Waals surface area (Å²) in [6, 6.07) is 5.58. The van der Waals surface area contributed by atoms with E-state index < -0.39 is 5.60 Å². The molecule has 1 atom stereocenters. The lowest BCUT2D eigenvalue weighted by Gasteiger charge is -2.14. The van der Waals surface area contributed by atoms with E-state index in [1.165, 1.54) is 0 Å². The Hall–Kier alpha value is -2.38. The van der Waals surface area contributed by atoms with Gasteiger partial charge in [0.05, 0.1) is 11.0 Å². The minimum Gasteiger partial charge on any atom is -0.379 e. The average molecular weight is 283 g/mol. The second-order valence-corrected chi connectivity index (χ2v) is 5.14. The number of nitrogens with one attached hydrogen (secondary N) is 1. The van der Waals surface area contributed by atoms with Gasteiger partial charge in [0.25, 0.3) is 5.89 Å². The molecule has 1 unspecified atom stereocenters. The van der Waals surface area contributed by atoms with Gasteiger partial charge < -0.3 is 14.9 Å². The summed E-state index contributed by atoms with van der Waals surface area (Å²) in [6.07, 6.45) is 3.86. The van der Waals surface area contributed by atoms with Crippen LogP contribution in [-0.4, -0.2) is 38.3 Å². The smallest absolute Gasteiger partial charge is 0.260 e. The van der Waals surface area contributed by atoms with E-state index in [1.54, 1.807) is 12.4 Å². The molecule has 1 saturated heterocycles. The maximum absolute atomic E-state index is 10.4. The van der Waals surface area contributed by atoms with E-state index in [2.05, 4.69) is 25.4 Å². The maximum Gasteiger partial charge on any atom is 0.260 e. The van der Waals surface area contributed by atoms with Gasteiger partial charge in [-0.25, -0.2) is 0 Å². The van der Waals surface area contributed by atoms with Crippen molar-refractivity contribution in [3.63, 3.8) is 0 Å². The normalized spacial score (nSPS) is 22.0. The van der Waals surface area contributed by atoms with Crippen LogP contribution in [0.3, 0.4) is 0 Å². The van der Waals surface area contributed by atoms with Crippen LogP contribution in [-0.2, 0) is 5.60 Å². The van der Waals surface area contributed by atoms with E-state index >= 15 is 0 Å². The molecule has 1 aliphatic heterocycles. The van der Waals surface area contributed by atoms with Crippen molar-refractivity contribution < 1.29 is 9.63 Å². The molecule has 4 rings (SSSR count). The molecule has 0 bridgehead atoms. The predicted molar refractivity (Wildman–Crippen MR) is 74.2 cm³/mol. The van der Waals surface area contributed by atoms with Crippen LogP contribution in [0.4, 0.5) is 0 Å². The highest BCUT2D eigenvalue weighted by Gasteiger charge is 2.38. The zero-order chi connectivity index (χ0) is 14.3. The largest absolute Gasteiger partial charge is 0.379 e. The third-order valence-electron chi connectivity index (χ3n) is 3.68. The molecule has 21 heavy (non-hydrogen) atoms. The number of benzene rings is 1. The number of aliphatic hydroxyl groups is 1. The first-order valence-corrected chi connectivity index (χ1v) is 6.73. The van der Waals surface area contributed by atoms with Crippen LogP contribution in [0.15, 0.2) is 35.1 Å². The first-order valence-electron chi connectivity index (χ1n) is 6.73. The van der Waals surface area contributed by atoms with Gasteiger partial charge in [0.2, 0.25) is 5.82 Å². The molecule has 0 saturated carbocycles. The zero-order valence-corrected chi connectivity index (χ0v) is 11.2. The number of hydrogen-bond donors (Lipinski definition) is 2. The molecule has 7 heteroatoms. The SMILES string of the molecule is OC1(c2nc(-c3ccc4nccnc4c3)no2)CCNC1. The first-order chi connectivity index (χ1) is 10.2. The fraction of sp³-hybridized carbons (Fsp3) is 0.286. The van der Waals surface area contributed by atoms with E-state index in [-0.39, 0.29) is 5.89 Å². The number of hydrogen-bond acceptors (Lipinski definition) is 7. The molecule has 1 aliphatic rings. The molecular formula is C14H13N5O2. The van der Waals surface area contributed by atoms with E-state index in [9.17, 15) is 5.11 Å².